The molecule has 0 spiro atoms. The van der Waals surface area contributed by atoms with E-state index in [0.717, 1.165) is 11.3 Å². The number of carbonyl (C=O) groups excluding carboxylic acids is 1. The number of carbonyl (C=O) groups is 1. The number of amides is 1. The molecule has 1 rings (SSSR count). The van der Waals surface area contributed by atoms with Gasteiger partial charge in [-0.3, -0.25) is 4.79 Å². The van der Waals surface area contributed by atoms with Crippen LogP contribution >= 0.6 is 0 Å². The molecule has 0 radical (unpaired) electrons. The van der Waals surface area contributed by atoms with Gasteiger partial charge in [0.15, 0.2) is 6.61 Å². The molecule has 0 aliphatic rings. The van der Waals surface area contributed by atoms with Gasteiger partial charge in [-0.25, -0.2) is 0 Å². The molecule has 0 saturated heterocycles. The second-order valence-electron chi connectivity index (χ2n) is 5.04. The lowest BCUT2D eigenvalue weighted by Gasteiger charge is -2.27. The average Bonchev–Trinajstić information content (AvgIpc) is 2.44. The Hall–Kier alpha value is -1.95. The van der Waals surface area contributed by atoms with Gasteiger partial charge in [0.25, 0.3) is 5.91 Å². The maximum absolute atomic E-state index is 12.0. The molecule has 0 aromatic heterocycles. The Morgan fingerprint density at radius 1 is 1.35 bits per heavy atom. The molecule has 1 N–H and O–H groups in total. The minimum absolute atomic E-state index is 0.0205. The largest absolute Gasteiger partial charge is 0.484 e. The molecule has 0 aliphatic heterocycles. The maximum atomic E-state index is 12.0. The molecule has 3 heteroatoms. The Balaban J connectivity index is 2.62. The number of rotatable bonds is 6. The minimum Gasteiger partial charge on any atom is -0.484 e. The van der Waals surface area contributed by atoms with Crippen molar-refractivity contribution in [3.8, 4) is 18.1 Å². The molecular weight excluding hydrogens is 250 g/mol. The standard InChI is InChI=1S/C17H23NO2/c1-6-17(7-2,8-3)18-16(19)12-20-15-10-9-13(4)11-14(15)5/h1,9-11H,7-8,12H2,2-5H3,(H,18,19). The van der Waals surface area contributed by atoms with Gasteiger partial charge < -0.3 is 10.1 Å². The van der Waals surface area contributed by atoms with Gasteiger partial charge >= 0.3 is 0 Å². The molecule has 1 amide bonds. The van der Waals surface area contributed by atoms with Crippen molar-refractivity contribution >= 4 is 5.91 Å². The Labute approximate surface area is 121 Å². The molecule has 0 atom stereocenters. The second kappa shape index (κ2) is 7.00. The molecule has 0 aliphatic carbocycles. The summed E-state index contributed by atoms with van der Waals surface area (Å²) >= 11 is 0. The van der Waals surface area contributed by atoms with Gasteiger partial charge in [-0.05, 0) is 38.3 Å². The summed E-state index contributed by atoms with van der Waals surface area (Å²) in [5, 5.41) is 2.88. The fourth-order valence-electron chi connectivity index (χ4n) is 2.07. The fraction of sp³-hybridized carbons (Fsp3) is 0.471. The third kappa shape index (κ3) is 4.03. The highest BCUT2D eigenvalue weighted by Gasteiger charge is 2.25. The number of benzene rings is 1. The van der Waals surface area contributed by atoms with Crippen molar-refractivity contribution in [1.29, 1.82) is 0 Å². The number of aryl methyl sites for hydroxylation is 2. The molecule has 20 heavy (non-hydrogen) atoms. The van der Waals surface area contributed by atoms with Crippen molar-refractivity contribution in [1.82, 2.24) is 5.32 Å². The zero-order valence-electron chi connectivity index (χ0n) is 12.7. The third-order valence-corrected chi connectivity index (χ3v) is 3.55. The summed E-state index contributed by atoms with van der Waals surface area (Å²) in [6.45, 7) is 7.90. The molecule has 0 unspecified atom stereocenters. The molecular formula is C17H23NO2. The lowest BCUT2D eigenvalue weighted by atomic mass is 9.94. The van der Waals surface area contributed by atoms with Crippen LogP contribution in [0.3, 0.4) is 0 Å². The molecule has 0 fully saturated rings. The Morgan fingerprint density at radius 2 is 2.00 bits per heavy atom. The minimum atomic E-state index is -0.567. The van der Waals surface area contributed by atoms with Crippen LogP contribution in [0.25, 0.3) is 0 Å². The van der Waals surface area contributed by atoms with E-state index in [9.17, 15) is 4.79 Å². The Morgan fingerprint density at radius 3 is 2.50 bits per heavy atom. The van der Waals surface area contributed by atoms with E-state index < -0.39 is 5.54 Å². The van der Waals surface area contributed by atoms with Crippen LogP contribution in [0.2, 0.25) is 0 Å². The van der Waals surface area contributed by atoms with E-state index in [-0.39, 0.29) is 12.5 Å². The van der Waals surface area contributed by atoms with Crippen molar-refractivity contribution in [3.63, 3.8) is 0 Å². The van der Waals surface area contributed by atoms with Crippen LogP contribution in [0.4, 0.5) is 0 Å². The molecule has 1 aromatic carbocycles. The number of hydrogen-bond donors (Lipinski definition) is 1. The smallest absolute Gasteiger partial charge is 0.259 e. The SMILES string of the molecule is C#CC(CC)(CC)NC(=O)COc1ccc(C)cc1C. The molecule has 108 valence electrons. The van der Waals surface area contributed by atoms with Crippen LogP contribution < -0.4 is 10.1 Å². The number of hydrogen-bond acceptors (Lipinski definition) is 2. The second-order valence-corrected chi connectivity index (χ2v) is 5.04. The summed E-state index contributed by atoms with van der Waals surface area (Å²) in [5.74, 6) is 3.21. The van der Waals surface area contributed by atoms with Gasteiger partial charge in [-0.15, -0.1) is 6.42 Å². The Bertz CT molecular complexity index is 510. The first-order valence-electron chi connectivity index (χ1n) is 6.95. The summed E-state index contributed by atoms with van der Waals surface area (Å²) < 4.78 is 5.55. The summed E-state index contributed by atoms with van der Waals surface area (Å²) in [6.07, 6.45) is 6.93. The van der Waals surface area contributed by atoms with E-state index in [4.69, 9.17) is 11.2 Å². The molecule has 0 heterocycles. The van der Waals surface area contributed by atoms with E-state index >= 15 is 0 Å². The highest BCUT2D eigenvalue weighted by Crippen LogP contribution is 2.19. The summed E-state index contributed by atoms with van der Waals surface area (Å²) in [5.41, 5.74) is 1.62. The molecule has 3 nitrogen and oxygen atoms in total. The van der Waals surface area contributed by atoms with E-state index in [1.54, 1.807) is 0 Å². The normalized spacial score (nSPS) is 10.8. The van der Waals surface area contributed by atoms with E-state index in [0.29, 0.717) is 12.8 Å². The lowest BCUT2D eigenvalue weighted by molar-refractivity contribution is -0.124. The van der Waals surface area contributed by atoms with Crippen LogP contribution in [0, 0.1) is 26.2 Å². The van der Waals surface area contributed by atoms with Crippen molar-refractivity contribution in [2.75, 3.05) is 6.61 Å². The predicted molar refractivity (Wildman–Crippen MR) is 81.7 cm³/mol. The monoisotopic (exact) mass is 273 g/mol. The van der Waals surface area contributed by atoms with Crippen molar-refractivity contribution in [2.45, 2.75) is 46.1 Å². The molecule has 0 bridgehead atoms. The summed E-state index contributed by atoms with van der Waals surface area (Å²) in [4.78, 5) is 12.0. The molecule has 0 saturated carbocycles. The van der Waals surface area contributed by atoms with Gasteiger partial charge in [0.05, 0.1) is 0 Å². The Kier molecular flexibility index (Phi) is 5.64. The van der Waals surface area contributed by atoms with E-state index in [2.05, 4.69) is 11.2 Å². The molecule has 1 aromatic rings. The number of terminal acetylenes is 1. The lowest BCUT2D eigenvalue weighted by Crippen LogP contribution is -2.48. The van der Waals surface area contributed by atoms with Crippen LogP contribution in [-0.4, -0.2) is 18.1 Å². The maximum Gasteiger partial charge on any atom is 0.259 e. The highest BCUT2D eigenvalue weighted by atomic mass is 16.5. The number of nitrogens with one attached hydrogen (secondary N) is 1. The van der Waals surface area contributed by atoms with Gasteiger partial charge in [0.1, 0.15) is 11.3 Å². The quantitative estimate of drug-likeness (QED) is 0.809. The number of ether oxygens (including phenoxy) is 1. The van der Waals surface area contributed by atoms with Crippen LogP contribution in [-0.2, 0) is 4.79 Å². The van der Waals surface area contributed by atoms with Crippen LogP contribution in [0.5, 0.6) is 5.75 Å². The predicted octanol–water partition coefficient (Wildman–Crippen LogP) is 2.99. The van der Waals surface area contributed by atoms with Gasteiger partial charge in [0, 0.05) is 0 Å². The van der Waals surface area contributed by atoms with Gasteiger partial charge in [-0.2, -0.15) is 0 Å². The van der Waals surface area contributed by atoms with Gasteiger partial charge in [0.2, 0.25) is 0 Å². The first-order valence-corrected chi connectivity index (χ1v) is 6.95. The summed E-state index contributed by atoms with van der Waals surface area (Å²) in [7, 11) is 0. The zero-order valence-corrected chi connectivity index (χ0v) is 12.7. The van der Waals surface area contributed by atoms with Crippen molar-refractivity contribution in [3.05, 3.63) is 29.3 Å². The van der Waals surface area contributed by atoms with Crippen molar-refractivity contribution in [2.24, 2.45) is 0 Å². The van der Waals surface area contributed by atoms with E-state index in [1.807, 2.05) is 45.9 Å². The topological polar surface area (TPSA) is 38.3 Å². The third-order valence-electron chi connectivity index (χ3n) is 3.55. The van der Waals surface area contributed by atoms with E-state index in [1.165, 1.54) is 5.56 Å². The fourth-order valence-corrected chi connectivity index (χ4v) is 2.07. The average molecular weight is 273 g/mol. The van der Waals surface area contributed by atoms with Crippen LogP contribution in [0.15, 0.2) is 18.2 Å². The first-order chi connectivity index (χ1) is 9.46. The summed E-state index contributed by atoms with van der Waals surface area (Å²) in [6, 6.07) is 5.87. The van der Waals surface area contributed by atoms with Crippen molar-refractivity contribution < 1.29 is 9.53 Å². The zero-order chi connectivity index (χ0) is 15.2. The van der Waals surface area contributed by atoms with Gasteiger partial charge in [-0.1, -0.05) is 37.5 Å². The highest BCUT2D eigenvalue weighted by molar-refractivity contribution is 5.79. The first kappa shape index (κ1) is 16.1. The van der Waals surface area contributed by atoms with Crippen LogP contribution in [0.1, 0.15) is 37.8 Å².